The minimum absolute atomic E-state index is 0.353. The predicted molar refractivity (Wildman–Crippen MR) is 94.6 cm³/mol. The van der Waals surface area contributed by atoms with Gasteiger partial charge in [-0.25, -0.2) is 0 Å². The van der Waals surface area contributed by atoms with E-state index in [1.54, 1.807) is 5.57 Å². The molecule has 0 radical (unpaired) electrons. The van der Waals surface area contributed by atoms with Crippen LogP contribution >= 0.6 is 0 Å². The van der Waals surface area contributed by atoms with Gasteiger partial charge in [0.05, 0.1) is 0 Å². The van der Waals surface area contributed by atoms with Gasteiger partial charge in [0, 0.05) is 0 Å². The largest absolute Gasteiger partial charge is 0.0885 e. The highest BCUT2D eigenvalue weighted by Crippen LogP contribution is 2.58. The summed E-state index contributed by atoms with van der Waals surface area (Å²) < 4.78 is 0. The summed E-state index contributed by atoms with van der Waals surface area (Å²) in [6.45, 7) is 7.20. The summed E-state index contributed by atoms with van der Waals surface area (Å²) in [5.74, 6) is 3.76. The van der Waals surface area contributed by atoms with E-state index in [9.17, 15) is 0 Å². The molecule has 0 nitrogen and oxygen atoms in total. The van der Waals surface area contributed by atoms with Crippen LogP contribution in [0.15, 0.2) is 34.9 Å². The molecule has 0 aromatic rings. The minimum atomic E-state index is 0.353. The lowest BCUT2D eigenvalue weighted by Crippen LogP contribution is -2.28. The predicted octanol–water partition coefficient (Wildman–Crippen LogP) is 6.45. The summed E-state index contributed by atoms with van der Waals surface area (Å²) in [7, 11) is 0. The van der Waals surface area contributed by atoms with Crippen LogP contribution in [0.5, 0.6) is 0 Å². The molecule has 0 bridgehead atoms. The van der Waals surface area contributed by atoms with Crippen molar-refractivity contribution in [2.45, 2.75) is 72.1 Å². The third kappa shape index (κ3) is 2.34. The van der Waals surface area contributed by atoms with Crippen LogP contribution < -0.4 is 0 Å². The van der Waals surface area contributed by atoms with E-state index in [4.69, 9.17) is 0 Å². The Morgan fingerprint density at radius 1 is 1.00 bits per heavy atom. The average Bonchev–Trinajstić information content (AvgIpc) is 3.05. The second-order valence-corrected chi connectivity index (χ2v) is 9.20. The Hall–Kier alpha value is -0.780. The van der Waals surface area contributed by atoms with Crippen molar-refractivity contribution in [3.05, 3.63) is 34.9 Å². The van der Waals surface area contributed by atoms with Gasteiger partial charge in [-0.1, -0.05) is 63.0 Å². The van der Waals surface area contributed by atoms with Crippen molar-refractivity contribution in [1.82, 2.24) is 0 Å². The Labute approximate surface area is 136 Å². The van der Waals surface area contributed by atoms with Crippen LogP contribution in [0, 0.1) is 29.1 Å². The third-order valence-electron chi connectivity index (χ3n) is 6.95. The summed E-state index contributed by atoms with van der Waals surface area (Å²) in [5, 5.41) is 0. The van der Waals surface area contributed by atoms with E-state index in [0.717, 1.165) is 23.7 Å². The molecule has 0 aromatic carbocycles. The average molecular weight is 296 g/mol. The van der Waals surface area contributed by atoms with E-state index in [-0.39, 0.29) is 0 Å². The molecule has 1 fully saturated rings. The molecule has 0 spiro atoms. The summed E-state index contributed by atoms with van der Waals surface area (Å²) in [4.78, 5) is 0. The molecule has 0 heteroatoms. The van der Waals surface area contributed by atoms with Crippen LogP contribution in [-0.2, 0) is 0 Å². The monoisotopic (exact) mass is 296 g/mol. The fourth-order valence-electron chi connectivity index (χ4n) is 5.78. The molecule has 0 aromatic heterocycles. The van der Waals surface area contributed by atoms with E-state index >= 15 is 0 Å². The zero-order valence-corrected chi connectivity index (χ0v) is 14.7. The molecule has 4 rings (SSSR count). The minimum Gasteiger partial charge on any atom is -0.0885 e. The van der Waals surface area contributed by atoms with Gasteiger partial charge < -0.3 is 0 Å². The van der Waals surface area contributed by atoms with Crippen molar-refractivity contribution in [1.29, 1.82) is 0 Å². The highest BCUT2D eigenvalue weighted by Gasteiger charge is 2.47. The van der Waals surface area contributed by atoms with Crippen LogP contribution in [0.4, 0.5) is 0 Å². The van der Waals surface area contributed by atoms with Crippen molar-refractivity contribution < 1.29 is 0 Å². The Kier molecular flexibility index (Phi) is 3.62. The van der Waals surface area contributed by atoms with E-state index in [2.05, 4.69) is 39.0 Å². The highest BCUT2D eigenvalue weighted by molar-refractivity contribution is 5.48. The van der Waals surface area contributed by atoms with Gasteiger partial charge in [-0.05, 0) is 73.2 Å². The van der Waals surface area contributed by atoms with Gasteiger partial charge in [-0.15, -0.1) is 0 Å². The maximum Gasteiger partial charge on any atom is -0.00911 e. The lowest BCUT2D eigenvalue weighted by atomic mass is 9.67. The van der Waals surface area contributed by atoms with Crippen LogP contribution in [0.1, 0.15) is 72.1 Å². The van der Waals surface area contributed by atoms with Crippen LogP contribution in [0.25, 0.3) is 0 Å². The normalized spacial score (nSPS) is 38.0. The lowest BCUT2D eigenvalue weighted by molar-refractivity contribution is 0.178. The number of fused-ring (bicyclic) bond motifs is 2. The number of hydrogen-bond donors (Lipinski definition) is 0. The van der Waals surface area contributed by atoms with Gasteiger partial charge in [0.1, 0.15) is 0 Å². The SMILES string of the molecule is CC(C)(C)C1=CC2=C(C1)C1CCCCC1C2C1CC=CCC1. The molecule has 0 aliphatic heterocycles. The van der Waals surface area contributed by atoms with Crippen molar-refractivity contribution in [3.63, 3.8) is 0 Å². The zero-order chi connectivity index (χ0) is 15.3. The van der Waals surface area contributed by atoms with Crippen LogP contribution in [0.3, 0.4) is 0 Å². The van der Waals surface area contributed by atoms with Crippen LogP contribution in [0.2, 0.25) is 0 Å². The first-order chi connectivity index (χ1) is 10.6. The standard InChI is InChI=1S/C22H32/c1-22(2,3)16-13-19-17-11-7-8-12-18(17)21(20(19)14-16)15-9-5-4-6-10-15/h4-5,14-15,17-18,21H,6-13H2,1-3H3. The van der Waals surface area contributed by atoms with Gasteiger partial charge in [0.15, 0.2) is 0 Å². The fraction of sp³-hybridized carbons (Fsp3) is 0.727. The van der Waals surface area contributed by atoms with Crippen molar-refractivity contribution in [2.75, 3.05) is 0 Å². The zero-order valence-electron chi connectivity index (χ0n) is 14.7. The first-order valence-corrected chi connectivity index (χ1v) is 9.64. The second kappa shape index (κ2) is 5.39. The maximum atomic E-state index is 2.66. The van der Waals surface area contributed by atoms with Gasteiger partial charge in [0.25, 0.3) is 0 Å². The smallest absolute Gasteiger partial charge is 0.00911 e. The van der Waals surface area contributed by atoms with Gasteiger partial charge in [0.2, 0.25) is 0 Å². The lowest BCUT2D eigenvalue weighted by Gasteiger charge is -2.37. The molecule has 4 unspecified atom stereocenters. The van der Waals surface area contributed by atoms with Crippen molar-refractivity contribution >= 4 is 0 Å². The molecule has 0 N–H and O–H groups in total. The Morgan fingerprint density at radius 3 is 2.55 bits per heavy atom. The molecule has 4 atom stereocenters. The second-order valence-electron chi connectivity index (χ2n) is 9.20. The summed E-state index contributed by atoms with van der Waals surface area (Å²) >= 11 is 0. The molecule has 0 amide bonds. The van der Waals surface area contributed by atoms with E-state index in [1.807, 2.05) is 11.1 Å². The Balaban J connectivity index is 1.68. The molecule has 22 heavy (non-hydrogen) atoms. The van der Waals surface area contributed by atoms with Gasteiger partial charge >= 0.3 is 0 Å². The summed E-state index contributed by atoms with van der Waals surface area (Å²) in [5.41, 5.74) is 5.76. The molecule has 1 saturated carbocycles. The third-order valence-corrected chi connectivity index (χ3v) is 6.95. The first-order valence-electron chi connectivity index (χ1n) is 9.64. The fourth-order valence-corrected chi connectivity index (χ4v) is 5.78. The van der Waals surface area contributed by atoms with Crippen molar-refractivity contribution in [2.24, 2.45) is 29.1 Å². The molecule has 0 saturated heterocycles. The molecular weight excluding hydrogens is 264 g/mol. The molecule has 4 aliphatic carbocycles. The summed E-state index contributed by atoms with van der Waals surface area (Å²) in [6, 6.07) is 0. The number of allylic oxidation sites excluding steroid dienone is 6. The topological polar surface area (TPSA) is 0 Å². The number of rotatable bonds is 1. The number of hydrogen-bond acceptors (Lipinski definition) is 0. The first kappa shape index (κ1) is 14.8. The summed E-state index contributed by atoms with van der Waals surface area (Å²) in [6.07, 6.45) is 18.9. The molecule has 120 valence electrons. The Bertz CT molecular complexity index is 537. The maximum absolute atomic E-state index is 2.66. The van der Waals surface area contributed by atoms with Crippen molar-refractivity contribution in [3.8, 4) is 0 Å². The Morgan fingerprint density at radius 2 is 1.82 bits per heavy atom. The van der Waals surface area contributed by atoms with Gasteiger partial charge in [-0.2, -0.15) is 0 Å². The molecule has 0 heterocycles. The van der Waals surface area contributed by atoms with E-state index in [1.165, 1.54) is 51.4 Å². The van der Waals surface area contributed by atoms with E-state index in [0.29, 0.717) is 5.41 Å². The highest BCUT2D eigenvalue weighted by atomic mass is 14.5. The quantitative estimate of drug-likeness (QED) is 0.488. The van der Waals surface area contributed by atoms with Crippen LogP contribution in [-0.4, -0.2) is 0 Å². The van der Waals surface area contributed by atoms with Gasteiger partial charge in [-0.3, -0.25) is 0 Å². The molecular formula is C22H32. The van der Waals surface area contributed by atoms with E-state index < -0.39 is 0 Å². The molecule has 4 aliphatic rings.